The zero-order valence-electron chi connectivity index (χ0n) is 16.9. The van der Waals surface area contributed by atoms with Crippen molar-refractivity contribution in [2.45, 2.75) is 37.8 Å². The lowest BCUT2D eigenvalue weighted by molar-refractivity contribution is 0.0690. The van der Waals surface area contributed by atoms with E-state index in [1.807, 2.05) is 0 Å². The van der Waals surface area contributed by atoms with E-state index in [9.17, 15) is 14.0 Å². The van der Waals surface area contributed by atoms with Crippen LogP contribution in [0.2, 0.25) is 0 Å². The molecule has 1 aliphatic heterocycles. The van der Waals surface area contributed by atoms with E-state index >= 15 is 0 Å². The number of carbonyl (C=O) groups excluding carboxylic acids is 2. The molecule has 2 fully saturated rings. The number of rotatable bonds is 7. The maximum atomic E-state index is 14.0. The number of nitrogens with one attached hydrogen (secondary N) is 1. The lowest BCUT2D eigenvalue weighted by Gasteiger charge is -2.25. The standard InChI is InChI=1S/C23H25FN2O4/c1-29-21-11-6-16(13-20(21)24)23(28)26-12-2-3-18(26)14-30-19-9-4-15(5-10-19)22(27)25-17-7-8-17/h4-6,9-11,13,17-18H,2-3,7-8,12,14H2,1H3,(H,25,27)/t18-/m0/s1. The van der Waals surface area contributed by atoms with Crippen LogP contribution in [0, 0.1) is 5.82 Å². The molecule has 0 spiro atoms. The number of nitrogens with zero attached hydrogens (tertiary/aromatic N) is 1. The van der Waals surface area contributed by atoms with Gasteiger partial charge in [0.05, 0.1) is 13.2 Å². The van der Waals surface area contributed by atoms with E-state index < -0.39 is 5.82 Å². The van der Waals surface area contributed by atoms with Crippen LogP contribution in [0.3, 0.4) is 0 Å². The molecule has 1 heterocycles. The number of hydrogen-bond donors (Lipinski definition) is 1. The van der Waals surface area contributed by atoms with Crippen LogP contribution < -0.4 is 14.8 Å². The molecule has 158 valence electrons. The highest BCUT2D eigenvalue weighted by Crippen LogP contribution is 2.24. The second-order valence-corrected chi connectivity index (χ2v) is 7.73. The smallest absolute Gasteiger partial charge is 0.254 e. The number of methoxy groups -OCH3 is 1. The highest BCUT2D eigenvalue weighted by Gasteiger charge is 2.30. The molecule has 2 aromatic carbocycles. The lowest BCUT2D eigenvalue weighted by atomic mass is 10.1. The first kappa shape index (κ1) is 20.2. The number of halogens is 1. The summed E-state index contributed by atoms with van der Waals surface area (Å²) in [5, 5.41) is 2.95. The van der Waals surface area contributed by atoms with E-state index in [4.69, 9.17) is 9.47 Å². The summed E-state index contributed by atoms with van der Waals surface area (Å²) in [6.07, 6.45) is 3.80. The van der Waals surface area contributed by atoms with Crippen molar-refractivity contribution in [3.63, 3.8) is 0 Å². The maximum Gasteiger partial charge on any atom is 0.254 e. The summed E-state index contributed by atoms with van der Waals surface area (Å²) in [6.45, 7) is 0.957. The molecule has 0 aromatic heterocycles. The van der Waals surface area contributed by atoms with Gasteiger partial charge in [-0.15, -0.1) is 0 Å². The van der Waals surface area contributed by atoms with Crippen molar-refractivity contribution in [3.05, 3.63) is 59.4 Å². The lowest BCUT2D eigenvalue weighted by Crippen LogP contribution is -2.39. The highest BCUT2D eigenvalue weighted by atomic mass is 19.1. The minimum absolute atomic E-state index is 0.0664. The van der Waals surface area contributed by atoms with Crippen LogP contribution in [-0.2, 0) is 0 Å². The van der Waals surface area contributed by atoms with Crippen molar-refractivity contribution >= 4 is 11.8 Å². The minimum atomic E-state index is -0.554. The van der Waals surface area contributed by atoms with Gasteiger partial charge in [-0.25, -0.2) is 4.39 Å². The van der Waals surface area contributed by atoms with Gasteiger partial charge in [0.25, 0.3) is 11.8 Å². The van der Waals surface area contributed by atoms with Gasteiger partial charge >= 0.3 is 0 Å². The Hall–Kier alpha value is -3.09. The number of amides is 2. The Bertz CT molecular complexity index is 927. The van der Waals surface area contributed by atoms with E-state index in [0.29, 0.717) is 36.1 Å². The Morgan fingerprint density at radius 3 is 2.50 bits per heavy atom. The normalized spacial score (nSPS) is 18.2. The predicted molar refractivity (Wildman–Crippen MR) is 109 cm³/mol. The summed E-state index contributed by atoms with van der Waals surface area (Å²) < 4.78 is 24.8. The van der Waals surface area contributed by atoms with Crippen molar-refractivity contribution in [3.8, 4) is 11.5 Å². The monoisotopic (exact) mass is 412 g/mol. The van der Waals surface area contributed by atoms with Crippen LogP contribution in [0.15, 0.2) is 42.5 Å². The first-order chi connectivity index (χ1) is 14.5. The molecule has 0 unspecified atom stereocenters. The fraction of sp³-hybridized carbons (Fsp3) is 0.391. The molecule has 4 rings (SSSR count). The van der Waals surface area contributed by atoms with Crippen molar-refractivity contribution in [2.24, 2.45) is 0 Å². The third kappa shape index (κ3) is 4.56. The van der Waals surface area contributed by atoms with Crippen LogP contribution in [0.1, 0.15) is 46.4 Å². The van der Waals surface area contributed by atoms with E-state index in [-0.39, 0.29) is 23.6 Å². The van der Waals surface area contributed by atoms with Gasteiger partial charge < -0.3 is 19.7 Å². The minimum Gasteiger partial charge on any atom is -0.494 e. The quantitative estimate of drug-likeness (QED) is 0.757. The fourth-order valence-corrected chi connectivity index (χ4v) is 3.63. The zero-order valence-corrected chi connectivity index (χ0v) is 16.9. The number of likely N-dealkylation sites (tertiary alicyclic amines) is 1. The van der Waals surface area contributed by atoms with Crippen LogP contribution in [-0.4, -0.2) is 49.1 Å². The van der Waals surface area contributed by atoms with E-state index in [2.05, 4.69) is 5.32 Å². The van der Waals surface area contributed by atoms with Crippen LogP contribution in [0.25, 0.3) is 0 Å². The van der Waals surface area contributed by atoms with Gasteiger partial charge in [0.1, 0.15) is 12.4 Å². The molecule has 6 nitrogen and oxygen atoms in total. The Morgan fingerprint density at radius 2 is 1.83 bits per heavy atom. The van der Waals surface area contributed by atoms with E-state index in [1.165, 1.54) is 19.2 Å². The average Bonchev–Trinajstić information content (AvgIpc) is 3.45. The number of ether oxygens (including phenoxy) is 2. The third-order valence-electron chi connectivity index (χ3n) is 5.51. The molecule has 30 heavy (non-hydrogen) atoms. The van der Waals surface area contributed by atoms with Gasteiger partial charge in [-0.2, -0.15) is 0 Å². The first-order valence-corrected chi connectivity index (χ1v) is 10.2. The van der Waals surface area contributed by atoms with Crippen molar-refractivity contribution in [1.82, 2.24) is 10.2 Å². The summed E-state index contributed by atoms with van der Waals surface area (Å²) >= 11 is 0. The van der Waals surface area contributed by atoms with E-state index in [1.54, 1.807) is 35.2 Å². The number of hydrogen-bond acceptors (Lipinski definition) is 4. The molecule has 1 saturated heterocycles. The third-order valence-corrected chi connectivity index (χ3v) is 5.51. The predicted octanol–water partition coefficient (Wildman–Crippen LogP) is 3.41. The average molecular weight is 412 g/mol. The Labute approximate surface area is 175 Å². The Kier molecular flexibility index (Phi) is 5.88. The van der Waals surface area contributed by atoms with Gasteiger partial charge in [0.15, 0.2) is 11.6 Å². The summed E-state index contributed by atoms with van der Waals surface area (Å²) in [7, 11) is 1.39. The van der Waals surface area contributed by atoms with Gasteiger partial charge in [0.2, 0.25) is 0 Å². The second-order valence-electron chi connectivity index (χ2n) is 7.73. The maximum absolute atomic E-state index is 14.0. The van der Waals surface area contributed by atoms with E-state index in [0.717, 1.165) is 25.7 Å². The molecular weight excluding hydrogens is 387 g/mol. The molecule has 1 N–H and O–H groups in total. The SMILES string of the molecule is COc1ccc(C(=O)N2CCC[C@H]2COc2ccc(C(=O)NC3CC3)cc2)cc1F. The molecule has 2 amide bonds. The molecule has 2 aliphatic rings. The summed E-state index contributed by atoms with van der Waals surface area (Å²) in [6, 6.07) is 11.5. The van der Waals surface area contributed by atoms with Crippen LogP contribution in [0.4, 0.5) is 4.39 Å². The molecule has 0 radical (unpaired) electrons. The molecule has 7 heteroatoms. The van der Waals surface area contributed by atoms with Gasteiger partial charge in [-0.1, -0.05) is 0 Å². The van der Waals surface area contributed by atoms with Crippen molar-refractivity contribution in [2.75, 3.05) is 20.3 Å². The summed E-state index contributed by atoms with van der Waals surface area (Å²) in [4.78, 5) is 26.6. The number of carbonyl (C=O) groups is 2. The van der Waals surface area contributed by atoms with Crippen LogP contribution >= 0.6 is 0 Å². The zero-order chi connectivity index (χ0) is 21.1. The Balaban J connectivity index is 1.35. The molecule has 2 aromatic rings. The molecule has 1 saturated carbocycles. The first-order valence-electron chi connectivity index (χ1n) is 10.2. The molecule has 1 atom stereocenters. The molecule has 0 bridgehead atoms. The summed E-state index contributed by atoms with van der Waals surface area (Å²) in [5.74, 6) is -0.0749. The summed E-state index contributed by atoms with van der Waals surface area (Å²) in [5.41, 5.74) is 0.902. The largest absolute Gasteiger partial charge is 0.494 e. The van der Waals surface area contributed by atoms with Crippen molar-refractivity contribution in [1.29, 1.82) is 0 Å². The fourth-order valence-electron chi connectivity index (χ4n) is 3.63. The van der Waals surface area contributed by atoms with Crippen molar-refractivity contribution < 1.29 is 23.5 Å². The second kappa shape index (κ2) is 8.73. The van der Waals surface area contributed by atoms with Gasteiger partial charge in [0, 0.05) is 23.7 Å². The van der Waals surface area contributed by atoms with Gasteiger partial charge in [-0.3, -0.25) is 9.59 Å². The topological polar surface area (TPSA) is 67.9 Å². The number of benzene rings is 2. The van der Waals surface area contributed by atoms with Crippen LogP contribution in [0.5, 0.6) is 11.5 Å². The molecule has 1 aliphatic carbocycles. The highest BCUT2D eigenvalue weighted by molar-refractivity contribution is 5.95. The Morgan fingerprint density at radius 1 is 1.10 bits per heavy atom. The molecular formula is C23H25FN2O4. The van der Waals surface area contributed by atoms with Gasteiger partial charge in [-0.05, 0) is 68.1 Å².